The van der Waals surface area contributed by atoms with Crippen LogP contribution in [-0.4, -0.2) is 43.4 Å². The largest absolute Gasteiger partial charge is 0.497 e. The molecule has 7 nitrogen and oxygen atoms in total. The van der Waals surface area contributed by atoms with Gasteiger partial charge in [0.25, 0.3) is 0 Å². The topological polar surface area (TPSA) is 85.0 Å². The van der Waals surface area contributed by atoms with Crippen LogP contribution in [0, 0.1) is 0 Å². The van der Waals surface area contributed by atoms with Crippen molar-refractivity contribution in [3.63, 3.8) is 0 Å². The monoisotopic (exact) mass is 497 g/mol. The highest BCUT2D eigenvalue weighted by Crippen LogP contribution is 2.19. The molecule has 1 aliphatic rings. The summed E-state index contributed by atoms with van der Waals surface area (Å²) in [4.78, 5) is 11.2. The predicted octanol–water partition coefficient (Wildman–Crippen LogP) is 3.25. The zero-order valence-electron chi connectivity index (χ0n) is 16.5. The van der Waals surface area contributed by atoms with Gasteiger partial charge in [-0.25, -0.2) is 9.98 Å². The summed E-state index contributed by atoms with van der Waals surface area (Å²) in [7, 11) is 1.64. The van der Waals surface area contributed by atoms with Crippen LogP contribution < -0.4 is 20.7 Å². The van der Waals surface area contributed by atoms with E-state index >= 15 is 0 Å². The zero-order chi connectivity index (χ0) is 19.2. The Hall–Kier alpha value is -2.07. The average Bonchev–Trinajstić information content (AvgIpc) is 2.66. The molecule has 8 heteroatoms. The van der Waals surface area contributed by atoms with Crippen LogP contribution in [0.15, 0.2) is 47.6 Å². The Morgan fingerprint density at radius 1 is 1.21 bits per heavy atom. The normalized spacial score (nSPS) is 19.7. The van der Waals surface area contributed by atoms with Crippen LogP contribution in [0.2, 0.25) is 0 Å². The van der Waals surface area contributed by atoms with Crippen molar-refractivity contribution >= 4 is 41.4 Å². The summed E-state index contributed by atoms with van der Waals surface area (Å²) in [6, 6.07) is 11.6. The minimum absolute atomic E-state index is 0. The first-order chi connectivity index (χ1) is 13.0. The molecule has 2 atom stereocenters. The number of rotatable bonds is 5. The Morgan fingerprint density at radius 2 is 1.89 bits per heavy atom. The number of hydrogen-bond donors (Lipinski definition) is 2. The molecule has 2 aromatic rings. The summed E-state index contributed by atoms with van der Waals surface area (Å²) >= 11 is 0. The van der Waals surface area contributed by atoms with E-state index in [-0.39, 0.29) is 36.2 Å². The fraction of sp³-hybridized carbons (Fsp3) is 0.400. The molecule has 0 amide bonds. The van der Waals surface area contributed by atoms with E-state index in [2.05, 4.69) is 34.0 Å². The third-order valence-corrected chi connectivity index (χ3v) is 4.35. The Kier molecular flexibility index (Phi) is 8.31. The minimum atomic E-state index is 0. The molecule has 1 fully saturated rings. The Balaban J connectivity index is 0.00000280. The van der Waals surface area contributed by atoms with Gasteiger partial charge in [-0.2, -0.15) is 0 Å². The van der Waals surface area contributed by atoms with Crippen LogP contribution in [0.1, 0.15) is 19.4 Å². The maximum absolute atomic E-state index is 5.97. The first-order valence-corrected chi connectivity index (χ1v) is 9.10. The number of hydrogen-bond acceptors (Lipinski definition) is 5. The van der Waals surface area contributed by atoms with Crippen molar-refractivity contribution < 1.29 is 9.47 Å². The van der Waals surface area contributed by atoms with Gasteiger partial charge in [-0.05, 0) is 49.7 Å². The second-order valence-corrected chi connectivity index (χ2v) is 6.74. The summed E-state index contributed by atoms with van der Waals surface area (Å²) in [5.41, 5.74) is 7.84. The lowest BCUT2D eigenvalue weighted by molar-refractivity contribution is -0.00545. The minimum Gasteiger partial charge on any atom is -0.497 e. The number of nitrogens with one attached hydrogen (secondary N) is 1. The first-order valence-electron chi connectivity index (χ1n) is 9.10. The van der Waals surface area contributed by atoms with Gasteiger partial charge in [0.2, 0.25) is 0 Å². The van der Waals surface area contributed by atoms with Crippen molar-refractivity contribution in [3.8, 4) is 5.75 Å². The van der Waals surface area contributed by atoms with Gasteiger partial charge in [0.1, 0.15) is 11.6 Å². The van der Waals surface area contributed by atoms with Crippen molar-refractivity contribution in [2.75, 3.05) is 30.4 Å². The number of benzene rings is 1. The molecule has 3 rings (SSSR count). The Bertz CT molecular complexity index is 757. The van der Waals surface area contributed by atoms with E-state index in [9.17, 15) is 0 Å². The third kappa shape index (κ3) is 6.23. The van der Waals surface area contributed by atoms with E-state index in [1.807, 2.05) is 42.6 Å². The van der Waals surface area contributed by atoms with Gasteiger partial charge in [0, 0.05) is 25.0 Å². The number of aromatic nitrogens is 1. The molecular weight excluding hydrogens is 469 g/mol. The fourth-order valence-electron chi connectivity index (χ4n) is 3.10. The second kappa shape index (κ2) is 10.5. The summed E-state index contributed by atoms with van der Waals surface area (Å²) in [5, 5.41) is 3.07. The number of anilines is 2. The van der Waals surface area contributed by atoms with Crippen molar-refractivity contribution in [3.05, 3.63) is 48.2 Å². The van der Waals surface area contributed by atoms with Crippen molar-refractivity contribution in [2.24, 2.45) is 10.7 Å². The second-order valence-electron chi connectivity index (χ2n) is 6.74. The number of nitrogens with zero attached hydrogens (tertiary/aromatic N) is 3. The number of aliphatic imine (C=N–C) groups is 1. The Morgan fingerprint density at radius 3 is 2.46 bits per heavy atom. The van der Waals surface area contributed by atoms with Crippen LogP contribution >= 0.6 is 24.0 Å². The highest BCUT2D eigenvalue weighted by molar-refractivity contribution is 14.0. The molecule has 3 N–H and O–H groups in total. The molecule has 0 bridgehead atoms. The lowest BCUT2D eigenvalue weighted by Gasteiger charge is -2.36. The molecule has 2 unspecified atom stereocenters. The SMILES string of the molecule is COc1ccc(NC(N)=NCc2ccc(N3CC(C)OC(C)C3)nc2)cc1.I. The standard InChI is InChI=1S/C20H27N5O2.HI/c1-14-12-25(13-15(2)27-14)19-9-4-16(10-22-19)11-23-20(21)24-17-5-7-18(26-3)8-6-17;/h4-10,14-15H,11-13H2,1-3H3,(H3,21,23,24);1H. The van der Waals surface area contributed by atoms with E-state index in [4.69, 9.17) is 15.2 Å². The number of nitrogens with two attached hydrogens (primary N) is 1. The smallest absolute Gasteiger partial charge is 0.193 e. The molecule has 0 spiro atoms. The molecule has 152 valence electrons. The van der Waals surface area contributed by atoms with Crippen molar-refractivity contribution in [1.82, 2.24) is 4.98 Å². The van der Waals surface area contributed by atoms with Crippen LogP contribution in [0.3, 0.4) is 0 Å². The van der Waals surface area contributed by atoms with Gasteiger partial charge in [-0.3, -0.25) is 0 Å². The summed E-state index contributed by atoms with van der Waals surface area (Å²) in [6.07, 6.45) is 2.27. The van der Waals surface area contributed by atoms with E-state index < -0.39 is 0 Å². The predicted molar refractivity (Wildman–Crippen MR) is 124 cm³/mol. The molecule has 1 aromatic heterocycles. The van der Waals surface area contributed by atoms with Crippen molar-refractivity contribution in [1.29, 1.82) is 0 Å². The lowest BCUT2D eigenvalue weighted by atomic mass is 10.2. The van der Waals surface area contributed by atoms with Gasteiger partial charge >= 0.3 is 0 Å². The van der Waals surface area contributed by atoms with Crippen LogP contribution in [0.5, 0.6) is 5.75 Å². The molecule has 2 heterocycles. The Labute approximate surface area is 183 Å². The third-order valence-electron chi connectivity index (χ3n) is 4.35. The molecule has 28 heavy (non-hydrogen) atoms. The van der Waals surface area contributed by atoms with Crippen LogP contribution in [0.4, 0.5) is 11.5 Å². The fourth-order valence-corrected chi connectivity index (χ4v) is 3.10. The molecule has 1 aliphatic heterocycles. The van der Waals surface area contributed by atoms with Gasteiger partial charge < -0.3 is 25.4 Å². The highest BCUT2D eigenvalue weighted by Gasteiger charge is 2.22. The van der Waals surface area contributed by atoms with Crippen LogP contribution in [-0.2, 0) is 11.3 Å². The van der Waals surface area contributed by atoms with Gasteiger partial charge in [0.15, 0.2) is 5.96 Å². The van der Waals surface area contributed by atoms with Gasteiger partial charge in [-0.15, -0.1) is 24.0 Å². The van der Waals surface area contributed by atoms with E-state index in [1.165, 1.54) is 0 Å². The number of guanidine groups is 1. The molecule has 0 radical (unpaired) electrons. The van der Waals surface area contributed by atoms with E-state index in [0.29, 0.717) is 12.5 Å². The number of morpholine rings is 1. The number of halogens is 1. The molecule has 1 aromatic carbocycles. The first kappa shape index (κ1) is 22.2. The maximum Gasteiger partial charge on any atom is 0.193 e. The van der Waals surface area contributed by atoms with Gasteiger partial charge in [0.05, 0.1) is 25.9 Å². The van der Waals surface area contributed by atoms with Gasteiger partial charge in [-0.1, -0.05) is 6.07 Å². The van der Waals surface area contributed by atoms with Crippen LogP contribution in [0.25, 0.3) is 0 Å². The maximum atomic E-state index is 5.97. The summed E-state index contributed by atoms with van der Waals surface area (Å²) in [6.45, 7) is 6.36. The quantitative estimate of drug-likeness (QED) is 0.375. The van der Waals surface area contributed by atoms with E-state index in [0.717, 1.165) is 35.9 Å². The number of pyridine rings is 1. The lowest BCUT2D eigenvalue weighted by Crippen LogP contribution is -2.45. The zero-order valence-corrected chi connectivity index (χ0v) is 18.8. The molecular formula is C20H28IN5O2. The van der Waals surface area contributed by atoms with E-state index in [1.54, 1.807) is 7.11 Å². The highest BCUT2D eigenvalue weighted by atomic mass is 127. The molecule has 0 aliphatic carbocycles. The average molecular weight is 497 g/mol. The number of methoxy groups -OCH3 is 1. The molecule has 1 saturated heterocycles. The summed E-state index contributed by atoms with van der Waals surface area (Å²) < 4.78 is 10.9. The number of ether oxygens (including phenoxy) is 2. The molecule has 0 saturated carbocycles. The van der Waals surface area contributed by atoms with Crippen molar-refractivity contribution in [2.45, 2.75) is 32.6 Å². The summed E-state index contributed by atoms with van der Waals surface area (Å²) in [5.74, 6) is 2.13.